The number of piperidine rings is 1. The van der Waals surface area contributed by atoms with Gasteiger partial charge in [0.15, 0.2) is 5.82 Å². The third-order valence-electron chi connectivity index (χ3n) is 13.1. The molecular weight excluding hydrogens is 720 g/mol. The highest BCUT2D eigenvalue weighted by atomic mass is 19.1. The van der Waals surface area contributed by atoms with Crippen LogP contribution in [0.5, 0.6) is 17.6 Å². The Morgan fingerprint density at radius 2 is 1.86 bits per heavy atom. The van der Waals surface area contributed by atoms with Gasteiger partial charge in [-0.05, 0) is 94.3 Å². The van der Waals surface area contributed by atoms with Gasteiger partial charge in [-0.1, -0.05) is 18.4 Å². The van der Waals surface area contributed by atoms with Crippen molar-refractivity contribution in [3.63, 3.8) is 0 Å². The van der Waals surface area contributed by atoms with Gasteiger partial charge >= 0.3 is 6.01 Å². The normalized spacial score (nSPS) is 30.4. The van der Waals surface area contributed by atoms with E-state index in [9.17, 15) is 10.2 Å². The molecule has 6 heterocycles. The molecule has 6 fully saturated rings. The van der Waals surface area contributed by atoms with Gasteiger partial charge in [0.05, 0.1) is 44.6 Å². The minimum atomic E-state index is -1.24. The highest BCUT2D eigenvalue weighted by molar-refractivity contribution is 6.04. The molecule has 2 saturated carbocycles. The van der Waals surface area contributed by atoms with Crippen molar-refractivity contribution < 1.29 is 37.9 Å². The van der Waals surface area contributed by atoms with E-state index < -0.39 is 17.2 Å². The molecule has 2 aromatic carbocycles. The second-order valence-corrected chi connectivity index (χ2v) is 17.5. The first kappa shape index (κ1) is 37.2. The van der Waals surface area contributed by atoms with E-state index in [1.165, 1.54) is 31.4 Å². The molecular formula is C43H49F2N5O6. The Balaban J connectivity index is 1.14. The fourth-order valence-corrected chi connectivity index (χ4v) is 11.0. The van der Waals surface area contributed by atoms with E-state index >= 15 is 8.78 Å². The molecule has 2 bridgehead atoms. The van der Waals surface area contributed by atoms with Crippen LogP contribution in [0, 0.1) is 34.8 Å². The van der Waals surface area contributed by atoms with Crippen LogP contribution in [-0.2, 0) is 9.47 Å². The smallest absolute Gasteiger partial charge is 0.319 e. The highest BCUT2D eigenvalue weighted by Gasteiger charge is 2.58. The summed E-state index contributed by atoms with van der Waals surface area (Å²) in [5.41, 5.74) is -1.42. The van der Waals surface area contributed by atoms with E-state index in [2.05, 4.69) is 22.7 Å². The molecule has 13 heteroatoms. The summed E-state index contributed by atoms with van der Waals surface area (Å²) >= 11 is 0. The molecule has 11 nitrogen and oxygen atoms in total. The number of hydrogen-bond donors (Lipinski definition) is 2. The molecule has 3 atom stereocenters. The number of aromatic hydroxyl groups is 1. The third kappa shape index (κ3) is 6.29. The second-order valence-electron chi connectivity index (χ2n) is 17.5. The molecule has 2 aliphatic carbocycles. The summed E-state index contributed by atoms with van der Waals surface area (Å²) in [5, 5.41) is 22.8. The van der Waals surface area contributed by atoms with Gasteiger partial charge in [0.25, 0.3) is 0 Å². The molecule has 0 amide bonds. The number of phenolic OH excluding ortho intramolecular Hbond substituents is 1. The number of halogens is 2. The largest absolute Gasteiger partial charge is 0.508 e. The number of terminal acetylenes is 1. The summed E-state index contributed by atoms with van der Waals surface area (Å²) in [6.45, 7) is 8.10. The number of phenols is 1. The first-order valence-corrected chi connectivity index (χ1v) is 19.8. The zero-order valence-corrected chi connectivity index (χ0v) is 32.3. The number of aliphatic hydroxyl groups is 1. The molecule has 6 aliphatic rings. The van der Waals surface area contributed by atoms with Crippen LogP contribution in [-0.4, -0.2) is 107 Å². The number of aromatic nitrogens is 3. The van der Waals surface area contributed by atoms with Crippen LogP contribution in [0.25, 0.3) is 32.9 Å². The van der Waals surface area contributed by atoms with Crippen molar-refractivity contribution in [2.24, 2.45) is 10.8 Å². The summed E-state index contributed by atoms with van der Waals surface area (Å²) in [5.74, 6) is 0.960. The quantitative estimate of drug-likeness (QED) is 0.194. The van der Waals surface area contributed by atoms with Crippen LogP contribution in [0.4, 0.5) is 14.6 Å². The topological polar surface area (TPSA) is 123 Å². The Kier molecular flexibility index (Phi) is 9.08. The molecule has 0 spiro atoms. The van der Waals surface area contributed by atoms with Crippen molar-refractivity contribution in [2.75, 3.05) is 64.6 Å². The molecule has 56 heavy (non-hydrogen) atoms. The zero-order chi connectivity index (χ0) is 39.0. The number of nitrogens with zero attached hydrogens (tertiary/aromatic N) is 5. The van der Waals surface area contributed by atoms with E-state index in [4.69, 9.17) is 35.3 Å². The predicted octanol–water partition coefficient (Wildman–Crippen LogP) is 6.38. The summed E-state index contributed by atoms with van der Waals surface area (Å²) in [7, 11) is 1.41. The maximum atomic E-state index is 17.4. The van der Waals surface area contributed by atoms with Gasteiger partial charge in [-0.3, -0.25) is 4.90 Å². The third-order valence-corrected chi connectivity index (χ3v) is 13.1. The average molecular weight is 770 g/mol. The van der Waals surface area contributed by atoms with Crippen LogP contribution >= 0.6 is 0 Å². The van der Waals surface area contributed by atoms with E-state index in [-0.39, 0.29) is 87.3 Å². The predicted molar refractivity (Wildman–Crippen MR) is 207 cm³/mol. The Hall–Kier alpha value is -4.35. The van der Waals surface area contributed by atoms with E-state index in [1.807, 2.05) is 4.90 Å². The summed E-state index contributed by atoms with van der Waals surface area (Å²) in [6.07, 6.45) is 14.4. The van der Waals surface area contributed by atoms with Crippen molar-refractivity contribution in [3.05, 3.63) is 41.5 Å². The van der Waals surface area contributed by atoms with Crippen LogP contribution in [0.1, 0.15) is 70.8 Å². The van der Waals surface area contributed by atoms with Crippen molar-refractivity contribution in [1.82, 2.24) is 19.9 Å². The SMILES string of the molecule is C#Cc1c(F)ccc2cc(O)cc(-c3nc(OC)c4c(N5CCOC[C@@](C)(O)C5)nc(OC[C@]56CCC[C@H]5N(CC57CCOC(C)(C5)C7)CCC6)nc4c3F)c12. The number of β-amino-alcohol motifs (C(OH)–C–C–N with tert-alkyl or cyclic N) is 1. The number of likely N-dealkylation sites (tertiary alicyclic amines) is 1. The Morgan fingerprint density at radius 1 is 1.04 bits per heavy atom. The van der Waals surface area contributed by atoms with Gasteiger partial charge in [0, 0.05) is 42.1 Å². The summed E-state index contributed by atoms with van der Waals surface area (Å²) in [4.78, 5) is 18.8. The average Bonchev–Trinajstić information content (AvgIpc) is 3.51. The van der Waals surface area contributed by atoms with Gasteiger partial charge in [0.1, 0.15) is 39.6 Å². The number of ether oxygens (including phenoxy) is 4. The molecule has 4 saturated heterocycles. The van der Waals surface area contributed by atoms with Crippen molar-refractivity contribution in [3.8, 4) is 41.2 Å². The lowest BCUT2D eigenvalue weighted by molar-refractivity contribution is -0.224. The Labute approximate surface area is 325 Å². The lowest BCUT2D eigenvalue weighted by Gasteiger charge is -2.61. The number of anilines is 1. The van der Waals surface area contributed by atoms with E-state index in [0.29, 0.717) is 30.0 Å². The van der Waals surface area contributed by atoms with Crippen LogP contribution in [0.15, 0.2) is 24.3 Å². The summed E-state index contributed by atoms with van der Waals surface area (Å²) in [6, 6.07) is 5.77. The Bertz CT molecular complexity index is 2260. The monoisotopic (exact) mass is 769 g/mol. The van der Waals surface area contributed by atoms with Crippen LogP contribution < -0.4 is 14.4 Å². The number of rotatable bonds is 8. The molecule has 10 rings (SSSR count). The minimum absolute atomic E-state index is 0.00475. The van der Waals surface area contributed by atoms with E-state index in [0.717, 1.165) is 71.1 Å². The Morgan fingerprint density at radius 3 is 2.64 bits per heavy atom. The number of pyridine rings is 1. The molecule has 0 unspecified atom stereocenters. The molecule has 296 valence electrons. The van der Waals surface area contributed by atoms with Crippen molar-refractivity contribution in [2.45, 2.75) is 82.5 Å². The van der Waals surface area contributed by atoms with Crippen LogP contribution in [0.2, 0.25) is 0 Å². The second kappa shape index (κ2) is 13.6. The molecule has 2 aromatic heterocycles. The minimum Gasteiger partial charge on any atom is -0.508 e. The zero-order valence-electron chi connectivity index (χ0n) is 32.3. The van der Waals surface area contributed by atoms with Gasteiger partial charge in [0.2, 0.25) is 5.88 Å². The maximum Gasteiger partial charge on any atom is 0.319 e. The molecule has 4 aromatic rings. The van der Waals surface area contributed by atoms with Gasteiger partial charge < -0.3 is 34.1 Å². The number of hydrogen-bond acceptors (Lipinski definition) is 11. The number of methoxy groups -OCH3 is 1. The van der Waals surface area contributed by atoms with Crippen LogP contribution in [0.3, 0.4) is 0 Å². The molecule has 4 aliphatic heterocycles. The standard InChI is InChI=1S/C43H49F2N5O6/c1-5-28-30(44)10-9-26-18-27(51)19-29(32(26)28)35-34(45)36-33(38(46-35)53-4)37(50-15-17-54-24-40(2,52)22-50)48-39(47-36)55-25-43-11-6-8-31(43)49(14-7-12-43)23-42-13-16-56-41(3,20-42)21-42/h1,9-10,18-19,31,51-52H,6-8,11-17,20-25H2,2-4H3/t31-,40+,41?,42?,43-/m1/s1. The fraction of sp³-hybridized carbons (Fsp3) is 0.558. The van der Waals surface area contributed by atoms with Gasteiger partial charge in [-0.15, -0.1) is 6.42 Å². The summed E-state index contributed by atoms with van der Waals surface area (Å²) < 4.78 is 56.8. The number of fused-ring (bicyclic) bond motifs is 5. The molecule has 2 N–H and O–H groups in total. The van der Waals surface area contributed by atoms with Gasteiger partial charge in [-0.2, -0.15) is 9.97 Å². The first-order valence-electron chi connectivity index (χ1n) is 19.8. The lowest BCUT2D eigenvalue weighted by Crippen LogP contribution is -2.63. The van der Waals surface area contributed by atoms with Gasteiger partial charge in [-0.25, -0.2) is 13.8 Å². The van der Waals surface area contributed by atoms with Crippen molar-refractivity contribution in [1.29, 1.82) is 0 Å². The molecule has 0 radical (unpaired) electrons. The van der Waals surface area contributed by atoms with E-state index in [1.54, 1.807) is 6.92 Å². The lowest BCUT2D eigenvalue weighted by atomic mass is 9.56. The van der Waals surface area contributed by atoms with Crippen molar-refractivity contribution >= 4 is 27.5 Å². The number of benzene rings is 2. The fourth-order valence-electron chi connectivity index (χ4n) is 11.0. The maximum absolute atomic E-state index is 17.4. The highest BCUT2D eigenvalue weighted by Crippen LogP contribution is 2.58. The first-order chi connectivity index (χ1) is 26.8.